The van der Waals surface area contributed by atoms with Gasteiger partial charge in [0.2, 0.25) is 0 Å². The van der Waals surface area contributed by atoms with Gasteiger partial charge in [-0.05, 0) is 38.1 Å². The summed E-state index contributed by atoms with van der Waals surface area (Å²) in [5, 5.41) is 6.99. The minimum absolute atomic E-state index is 0.479. The summed E-state index contributed by atoms with van der Waals surface area (Å²) in [5.41, 5.74) is 2.78. The summed E-state index contributed by atoms with van der Waals surface area (Å²) in [6, 6.07) is 9.73. The van der Waals surface area contributed by atoms with Crippen molar-refractivity contribution in [1.82, 2.24) is 20.1 Å². The van der Waals surface area contributed by atoms with Crippen LogP contribution in [0.2, 0.25) is 0 Å². The highest BCUT2D eigenvalue weighted by Crippen LogP contribution is 2.17. The van der Waals surface area contributed by atoms with Crippen molar-refractivity contribution >= 4 is 5.82 Å². The van der Waals surface area contributed by atoms with Crippen molar-refractivity contribution in [1.29, 1.82) is 0 Å². The van der Waals surface area contributed by atoms with Gasteiger partial charge in [0.15, 0.2) is 5.82 Å². The summed E-state index contributed by atoms with van der Waals surface area (Å²) in [6.07, 6.45) is 1.71. The molecule has 0 unspecified atom stereocenters. The zero-order valence-electron chi connectivity index (χ0n) is 11.9. The highest BCUT2D eigenvalue weighted by Gasteiger charge is 2.06. The Morgan fingerprint density at radius 3 is 2.67 bits per heavy atom. The highest BCUT2D eigenvalue weighted by atomic mass is 16.5. The van der Waals surface area contributed by atoms with Crippen molar-refractivity contribution in [2.24, 2.45) is 0 Å². The predicted molar refractivity (Wildman–Crippen MR) is 78.6 cm³/mol. The lowest BCUT2D eigenvalue weighted by atomic mass is 10.3. The number of anilines is 1. The maximum absolute atomic E-state index is 5.10. The van der Waals surface area contributed by atoms with Gasteiger partial charge in [-0.2, -0.15) is 4.98 Å². The smallest absolute Gasteiger partial charge is 0.259 e. The van der Waals surface area contributed by atoms with Gasteiger partial charge >= 0.3 is 0 Å². The van der Waals surface area contributed by atoms with Crippen LogP contribution < -0.4 is 5.32 Å². The quantitative estimate of drug-likeness (QED) is 0.792. The first-order valence-electron chi connectivity index (χ1n) is 6.64. The highest BCUT2D eigenvalue weighted by molar-refractivity contribution is 5.54. The minimum Gasteiger partial charge on any atom is -0.364 e. The summed E-state index contributed by atoms with van der Waals surface area (Å²) in [5.74, 6) is 1.86. The van der Waals surface area contributed by atoms with E-state index in [9.17, 15) is 0 Å². The fourth-order valence-electron chi connectivity index (χ4n) is 1.92. The van der Waals surface area contributed by atoms with Crippen molar-refractivity contribution in [3.8, 4) is 11.5 Å². The molecule has 6 nitrogen and oxygen atoms in total. The zero-order chi connectivity index (χ0) is 14.7. The van der Waals surface area contributed by atoms with Crippen LogP contribution in [-0.2, 0) is 6.54 Å². The molecule has 3 rings (SSSR count). The molecule has 0 aliphatic rings. The van der Waals surface area contributed by atoms with E-state index < -0.39 is 0 Å². The maximum atomic E-state index is 5.10. The largest absolute Gasteiger partial charge is 0.364 e. The van der Waals surface area contributed by atoms with Gasteiger partial charge in [-0.3, -0.25) is 4.98 Å². The first-order valence-corrected chi connectivity index (χ1v) is 6.64. The molecule has 0 fully saturated rings. The van der Waals surface area contributed by atoms with Gasteiger partial charge in [-0.15, -0.1) is 0 Å². The average molecular weight is 281 g/mol. The van der Waals surface area contributed by atoms with Gasteiger partial charge < -0.3 is 9.84 Å². The molecule has 0 bridgehead atoms. The van der Waals surface area contributed by atoms with E-state index >= 15 is 0 Å². The van der Waals surface area contributed by atoms with Gasteiger partial charge in [-0.25, -0.2) is 4.98 Å². The number of hydrogen-bond acceptors (Lipinski definition) is 6. The van der Waals surface area contributed by atoms with Crippen molar-refractivity contribution in [3.63, 3.8) is 0 Å². The van der Waals surface area contributed by atoms with E-state index in [2.05, 4.69) is 25.4 Å². The molecule has 3 heterocycles. The monoisotopic (exact) mass is 281 g/mol. The van der Waals surface area contributed by atoms with Crippen LogP contribution in [0.25, 0.3) is 11.5 Å². The lowest BCUT2D eigenvalue weighted by Crippen LogP contribution is -2.03. The molecule has 1 N–H and O–H groups in total. The Balaban J connectivity index is 1.67. The Morgan fingerprint density at radius 2 is 2.00 bits per heavy atom. The molecule has 21 heavy (non-hydrogen) atoms. The molecule has 0 atom stereocenters. The number of aromatic nitrogens is 4. The Bertz CT molecular complexity index is 736. The second-order valence-corrected chi connectivity index (χ2v) is 4.70. The number of aryl methyl sites for hydroxylation is 2. The third-order valence-electron chi connectivity index (χ3n) is 2.93. The summed E-state index contributed by atoms with van der Waals surface area (Å²) in [4.78, 5) is 12.9. The number of hydrogen-bond donors (Lipinski definition) is 1. The van der Waals surface area contributed by atoms with E-state index in [4.69, 9.17) is 4.52 Å². The topological polar surface area (TPSA) is 76.7 Å². The lowest BCUT2D eigenvalue weighted by Gasteiger charge is -2.05. The van der Waals surface area contributed by atoms with Crippen LogP contribution in [-0.4, -0.2) is 20.1 Å². The third-order valence-corrected chi connectivity index (χ3v) is 2.93. The van der Waals surface area contributed by atoms with Crippen LogP contribution in [0.4, 0.5) is 5.82 Å². The fourth-order valence-corrected chi connectivity index (χ4v) is 1.92. The van der Waals surface area contributed by atoms with Crippen LogP contribution in [0.1, 0.15) is 17.2 Å². The molecule has 0 aliphatic carbocycles. The van der Waals surface area contributed by atoms with Crippen molar-refractivity contribution < 1.29 is 4.52 Å². The molecule has 0 saturated heterocycles. The molecular weight excluding hydrogens is 266 g/mol. The summed E-state index contributed by atoms with van der Waals surface area (Å²) < 4.78 is 5.10. The van der Waals surface area contributed by atoms with Crippen LogP contribution in [0.15, 0.2) is 41.1 Å². The Labute approximate surface area is 122 Å². The van der Waals surface area contributed by atoms with E-state index in [0.29, 0.717) is 18.3 Å². The number of rotatable bonds is 4. The standard InChI is InChI=1S/C15H15N5O/c1-10-4-3-5-13(18-10)9-17-14-7-6-12(8-16-14)15-19-11(2)20-21-15/h3-8H,9H2,1-2H3,(H,16,17). The first kappa shape index (κ1) is 13.2. The normalized spacial score (nSPS) is 10.6. The fraction of sp³-hybridized carbons (Fsp3) is 0.200. The van der Waals surface area contributed by atoms with E-state index in [1.165, 1.54) is 0 Å². The van der Waals surface area contributed by atoms with Crippen molar-refractivity contribution in [2.45, 2.75) is 20.4 Å². The summed E-state index contributed by atoms with van der Waals surface area (Å²) in [7, 11) is 0. The molecular formula is C15H15N5O. The molecule has 6 heteroatoms. The van der Waals surface area contributed by atoms with E-state index in [0.717, 1.165) is 22.8 Å². The molecule has 0 radical (unpaired) electrons. The molecule has 3 aromatic heterocycles. The van der Waals surface area contributed by atoms with E-state index in [-0.39, 0.29) is 0 Å². The second-order valence-electron chi connectivity index (χ2n) is 4.70. The lowest BCUT2D eigenvalue weighted by molar-refractivity contribution is 0.425. The molecule has 0 saturated carbocycles. The van der Waals surface area contributed by atoms with Crippen LogP contribution in [0.5, 0.6) is 0 Å². The first-order chi connectivity index (χ1) is 10.2. The van der Waals surface area contributed by atoms with Crippen LogP contribution in [0.3, 0.4) is 0 Å². The molecule has 3 aromatic rings. The second kappa shape index (κ2) is 5.70. The molecule has 0 aliphatic heterocycles. The van der Waals surface area contributed by atoms with Gasteiger partial charge in [-0.1, -0.05) is 11.2 Å². The predicted octanol–water partition coefficient (Wildman–Crippen LogP) is 2.76. The van der Waals surface area contributed by atoms with Gasteiger partial charge in [0.25, 0.3) is 5.89 Å². The van der Waals surface area contributed by atoms with Crippen LogP contribution in [0, 0.1) is 13.8 Å². The van der Waals surface area contributed by atoms with Crippen molar-refractivity contribution in [2.75, 3.05) is 5.32 Å². The summed E-state index contributed by atoms with van der Waals surface area (Å²) in [6.45, 7) is 4.39. The van der Waals surface area contributed by atoms with Gasteiger partial charge in [0.1, 0.15) is 5.82 Å². The molecule has 0 amide bonds. The Kier molecular flexibility index (Phi) is 3.59. The van der Waals surface area contributed by atoms with E-state index in [1.807, 2.05) is 37.3 Å². The third kappa shape index (κ3) is 3.22. The Morgan fingerprint density at radius 1 is 1.10 bits per heavy atom. The van der Waals surface area contributed by atoms with Crippen molar-refractivity contribution in [3.05, 3.63) is 53.7 Å². The molecule has 0 aromatic carbocycles. The Hall–Kier alpha value is -2.76. The maximum Gasteiger partial charge on any atom is 0.259 e. The SMILES string of the molecule is Cc1cccc(CNc2ccc(-c3nc(C)no3)cn2)n1. The minimum atomic E-state index is 0.479. The average Bonchev–Trinajstić information content (AvgIpc) is 2.92. The number of pyridine rings is 2. The van der Waals surface area contributed by atoms with E-state index in [1.54, 1.807) is 13.1 Å². The molecule has 106 valence electrons. The van der Waals surface area contributed by atoms with Gasteiger partial charge in [0.05, 0.1) is 17.8 Å². The van der Waals surface area contributed by atoms with Crippen LogP contribution >= 0.6 is 0 Å². The number of nitrogens with one attached hydrogen (secondary N) is 1. The zero-order valence-corrected chi connectivity index (χ0v) is 11.9. The number of nitrogens with zero attached hydrogens (tertiary/aromatic N) is 4. The summed E-state index contributed by atoms with van der Waals surface area (Å²) >= 11 is 0. The van der Waals surface area contributed by atoms with Gasteiger partial charge in [0, 0.05) is 11.9 Å². The molecule has 0 spiro atoms.